The second-order valence-corrected chi connectivity index (χ2v) is 11.7. The van der Waals surface area contributed by atoms with Crippen LogP contribution in [0.1, 0.15) is 60.0 Å². The van der Waals surface area contributed by atoms with E-state index < -0.39 is 12.0 Å². The first-order chi connectivity index (χ1) is 21.4. The van der Waals surface area contributed by atoms with E-state index in [1.165, 1.54) is 26.4 Å². The fourth-order valence-corrected chi connectivity index (χ4v) is 5.83. The number of methoxy groups -OCH3 is 1. The van der Waals surface area contributed by atoms with E-state index in [1.807, 2.05) is 12.1 Å². The molecule has 1 amide bonds. The summed E-state index contributed by atoms with van der Waals surface area (Å²) in [6.07, 6.45) is 11.5. The van der Waals surface area contributed by atoms with Crippen LogP contribution in [-0.2, 0) is 22.6 Å². The van der Waals surface area contributed by atoms with Crippen molar-refractivity contribution in [2.24, 2.45) is 5.92 Å². The fourth-order valence-electron chi connectivity index (χ4n) is 5.36. The molecule has 0 radical (unpaired) electrons. The zero-order valence-corrected chi connectivity index (χ0v) is 25.9. The number of nitrogens with one attached hydrogen (secondary N) is 3. The number of imidazole rings is 1. The lowest BCUT2D eigenvalue weighted by Gasteiger charge is -2.27. The number of halogens is 2. The van der Waals surface area contributed by atoms with E-state index in [1.54, 1.807) is 59.7 Å². The maximum Gasteiger partial charge on any atom is 0.337 e. The van der Waals surface area contributed by atoms with Crippen molar-refractivity contribution in [2.75, 3.05) is 17.7 Å². The molecule has 4 aromatic rings. The highest BCUT2D eigenvalue weighted by atomic mass is 35.5. The van der Waals surface area contributed by atoms with Gasteiger partial charge in [-0.2, -0.15) is 9.97 Å². The standard InChI is InChI=1S/C32H35Cl2N7O3/c1-44-31(43)23-9-5-8-22(14-23)18-37-32-39-28(17-29(40-32)41-13-12-35-20-41)38-27(15-21-6-3-2-4-7-21)30(42)36-19-24-10-11-25(33)16-26(24)34/h5,8-14,16-17,20-21,27H,2-4,6-7,15,18-19H2,1H3,(H,36,42)(H2,37,38,39,40). The Morgan fingerprint density at radius 3 is 2.64 bits per heavy atom. The minimum absolute atomic E-state index is 0.140. The largest absolute Gasteiger partial charge is 0.465 e. The van der Waals surface area contributed by atoms with Crippen molar-refractivity contribution in [3.63, 3.8) is 0 Å². The van der Waals surface area contributed by atoms with Crippen molar-refractivity contribution in [1.82, 2.24) is 24.8 Å². The molecule has 2 aromatic heterocycles. The summed E-state index contributed by atoms with van der Waals surface area (Å²) in [5, 5.41) is 10.8. The van der Waals surface area contributed by atoms with Crippen LogP contribution in [0.25, 0.3) is 5.82 Å². The maximum absolute atomic E-state index is 13.6. The summed E-state index contributed by atoms with van der Waals surface area (Å²) in [5.74, 6) is 1.31. The van der Waals surface area contributed by atoms with Gasteiger partial charge in [0, 0.05) is 41.6 Å². The molecule has 1 fully saturated rings. The molecule has 1 atom stereocenters. The Bertz CT molecular complexity index is 1580. The highest BCUT2D eigenvalue weighted by Gasteiger charge is 2.25. The number of benzene rings is 2. The third kappa shape index (κ3) is 8.48. The molecule has 10 nitrogen and oxygen atoms in total. The van der Waals surface area contributed by atoms with Crippen molar-refractivity contribution in [1.29, 1.82) is 0 Å². The van der Waals surface area contributed by atoms with Gasteiger partial charge in [0.1, 0.15) is 24.0 Å². The lowest BCUT2D eigenvalue weighted by atomic mass is 9.84. The molecule has 0 aliphatic heterocycles. The molecule has 1 unspecified atom stereocenters. The first-order valence-corrected chi connectivity index (χ1v) is 15.4. The topological polar surface area (TPSA) is 123 Å². The lowest BCUT2D eigenvalue weighted by Crippen LogP contribution is -2.41. The summed E-state index contributed by atoms with van der Waals surface area (Å²) in [7, 11) is 1.35. The minimum Gasteiger partial charge on any atom is -0.465 e. The van der Waals surface area contributed by atoms with E-state index in [0.29, 0.717) is 52.1 Å². The Morgan fingerprint density at radius 1 is 1.05 bits per heavy atom. The Labute approximate surface area is 266 Å². The molecule has 44 heavy (non-hydrogen) atoms. The minimum atomic E-state index is -0.528. The zero-order valence-electron chi connectivity index (χ0n) is 24.4. The van der Waals surface area contributed by atoms with Crippen LogP contribution in [0.15, 0.2) is 67.3 Å². The smallest absolute Gasteiger partial charge is 0.337 e. The van der Waals surface area contributed by atoms with Crippen LogP contribution >= 0.6 is 23.2 Å². The molecule has 230 valence electrons. The number of ether oxygens (including phenoxy) is 1. The fraction of sp³-hybridized carbons (Fsp3) is 0.344. The number of nitrogens with zero attached hydrogens (tertiary/aromatic N) is 4. The van der Waals surface area contributed by atoms with Gasteiger partial charge in [-0.3, -0.25) is 9.36 Å². The number of rotatable bonds is 12. The monoisotopic (exact) mass is 635 g/mol. The van der Waals surface area contributed by atoms with Crippen LogP contribution in [0, 0.1) is 5.92 Å². The SMILES string of the molecule is COC(=O)c1cccc(CNc2nc(NC(CC3CCCCC3)C(=O)NCc3ccc(Cl)cc3Cl)cc(-n3ccnc3)n2)c1. The van der Waals surface area contributed by atoms with Gasteiger partial charge in [0.2, 0.25) is 11.9 Å². The van der Waals surface area contributed by atoms with Crippen molar-refractivity contribution < 1.29 is 14.3 Å². The molecule has 0 saturated heterocycles. The van der Waals surface area contributed by atoms with Gasteiger partial charge in [-0.1, -0.05) is 73.5 Å². The predicted octanol–water partition coefficient (Wildman–Crippen LogP) is 6.44. The number of esters is 1. The van der Waals surface area contributed by atoms with Crippen LogP contribution in [0.5, 0.6) is 0 Å². The maximum atomic E-state index is 13.6. The Hall–Kier alpha value is -4.15. The Kier molecular flexibility index (Phi) is 10.7. The third-order valence-electron chi connectivity index (χ3n) is 7.68. The lowest BCUT2D eigenvalue weighted by molar-refractivity contribution is -0.122. The van der Waals surface area contributed by atoms with Gasteiger partial charge in [-0.15, -0.1) is 0 Å². The molecule has 0 bridgehead atoms. The molecule has 0 spiro atoms. The van der Waals surface area contributed by atoms with Crippen LogP contribution in [0.4, 0.5) is 11.8 Å². The number of aromatic nitrogens is 4. The molecule has 3 N–H and O–H groups in total. The average molecular weight is 637 g/mol. The third-order valence-corrected chi connectivity index (χ3v) is 8.27. The summed E-state index contributed by atoms with van der Waals surface area (Å²) in [5.41, 5.74) is 2.10. The molecule has 1 aliphatic rings. The van der Waals surface area contributed by atoms with E-state index in [0.717, 1.165) is 24.0 Å². The molecule has 1 saturated carbocycles. The van der Waals surface area contributed by atoms with Crippen LogP contribution < -0.4 is 16.0 Å². The predicted molar refractivity (Wildman–Crippen MR) is 171 cm³/mol. The normalized spacial score (nSPS) is 14.1. The van der Waals surface area contributed by atoms with Gasteiger partial charge in [-0.05, 0) is 47.7 Å². The quantitative estimate of drug-likeness (QED) is 0.152. The average Bonchev–Trinajstić information content (AvgIpc) is 3.59. The summed E-state index contributed by atoms with van der Waals surface area (Å²) in [6, 6.07) is 13.7. The van der Waals surface area contributed by atoms with E-state index in [4.69, 9.17) is 32.9 Å². The number of amides is 1. The van der Waals surface area contributed by atoms with E-state index in [2.05, 4.69) is 25.9 Å². The number of hydrogen-bond donors (Lipinski definition) is 3. The second kappa shape index (κ2) is 15.0. The van der Waals surface area contributed by atoms with Gasteiger partial charge in [0.25, 0.3) is 0 Å². The summed E-state index contributed by atoms with van der Waals surface area (Å²) < 4.78 is 6.62. The first kappa shape index (κ1) is 31.3. The number of carbonyl (C=O) groups is 2. The molecule has 12 heteroatoms. The van der Waals surface area contributed by atoms with E-state index >= 15 is 0 Å². The summed E-state index contributed by atoms with van der Waals surface area (Å²) in [6.45, 7) is 0.644. The number of hydrogen-bond acceptors (Lipinski definition) is 8. The van der Waals surface area contributed by atoms with Gasteiger partial charge < -0.3 is 20.7 Å². The van der Waals surface area contributed by atoms with Crippen molar-refractivity contribution in [2.45, 2.75) is 57.7 Å². The Morgan fingerprint density at radius 2 is 1.89 bits per heavy atom. The molecule has 5 rings (SSSR count). The second-order valence-electron chi connectivity index (χ2n) is 10.8. The van der Waals surface area contributed by atoms with Crippen LogP contribution in [-0.4, -0.2) is 44.5 Å². The summed E-state index contributed by atoms with van der Waals surface area (Å²) >= 11 is 12.4. The first-order valence-electron chi connectivity index (χ1n) is 14.6. The molecule has 1 aliphatic carbocycles. The molecule has 2 aromatic carbocycles. The van der Waals surface area contributed by atoms with E-state index in [-0.39, 0.29) is 12.5 Å². The van der Waals surface area contributed by atoms with E-state index in [9.17, 15) is 9.59 Å². The van der Waals surface area contributed by atoms with Gasteiger partial charge >= 0.3 is 5.97 Å². The van der Waals surface area contributed by atoms with Crippen molar-refractivity contribution in [3.05, 3.63) is 94.0 Å². The number of carbonyl (C=O) groups excluding carboxylic acids is 2. The highest BCUT2D eigenvalue weighted by molar-refractivity contribution is 6.35. The van der Waals surface area contributed by atoms with Gasteiger partial charge in [0.05, 0.1) is 12.7 Å². The van der Waals surface area contributed by atoms with Crippen LogP contribution in [0.2, 0.25) is 10.0 Å². The van der Waals surface area contributed by atoms with Gasteiger partial charge in [0.15, 0.2) is 0 Å². The van der Waals surface area contributed by atoms with Crippen molar-refractivity contribution in [3.8, 4) is 5.82 Å². The summed E-state index contributed by atoms with van der Waals surface area (Å²) in [4.78, 5) is 39.2. The molecular weight excluding hydrogens is 601 g/mol. The Balaban J connectivity index is 1.37. The zero-order chi connectivity index (χ0) is 30.9. The highest BCUT2D eigenvalue weighted by Crippen LogP contribution is 2.29. The number of anilines is 2. The molecule has 2 heterocycles. The molecular formula is C32H35Cl2N7O3. The van der Waals surface area contributed by atoms with Crippen LogP contribution in [0.3, 0.4) is 0 Å². The van der Waals surface area contributed by atoms with Crippen molar-refractivity contribution >= 4 is 46.8 Å². The van der Waals surface area contributed by atoms with Gasteiger partial charge in [-0.25, -0.2) is 9.78 Å².